The van der Waals surface area contributed by atoms with Crippen molar-refractivity contribution in [3.8, 4) is 5.75 Å². The minimum absolute atomic E-state index is 0.180. The van der Waals surface area contributed by atoms with Gasteiger partial charge in [0.05, 0.1) is 6.04 Å². The number of hydrogen-bond acceptors (Lipinski definition) is 4. The van der Waals surface area contributed by atoms with Crippen LogP contribution in [-0.2, 0) is 17.8 Å². The quantitative estimate of drug-likeness (QED) is 0.480. The zero-order valence-corrected chi connectivity index (χ0v) is 11.5. The lowest BCUT2D eigenvalue weighted by Gasteiger charge is -2.17. The summed E-state index contributed by atoms with van der Waals surface area (Å²) < 4.78 is 0. The van der Waals surface area contributed by atoms with E-state index in [1.54, 1.807) is 29.7 Å². The lowest BCUT2D eigenvalue weighted by Crippen LogP contribution is -2.44. The van der Waals surface area contributed by atoms with Crippen molar-refractivity contribution in [2.75, 3.05) is 0 Å². The number of carbonyl (C=O) groups is 1. The normalized spacial score (nSPS) is 11.9. The molecule has 2 aromatic carbocycles. The molecule has 0 saturated carbocycles. The van der Waals surface area contributed by atoms with E-state index in [1.807, 2.05) is 30.3 Å². The summed E-state index contributed by atoms with van der Waals surface area (Å²) in [6.45, 7) is 0.525. The number of phenols is 1. The summed E-state index contributed by atoms with van der Waals surface area (Å²) in [5.41, 5.74) is 3.63. The van der Waals surface area contributed by atoms with Crippen molar-refractivity contribution in [2.24, 2.45) is 0 Å². The van der Waals surface area contributed by atoms with Gasteiger partial charge >= 0.3 is 0 Å². The Balaban J connectivity index is 2.01. The highest BCUT2D eigenvalue weighted by Gasteiger charge is 2.17. The highest BCUT2D eigenvalue weighted by molar-refractivity contribution is 5.80. The van der Waals surface area contributed by atoms with Crippen molar-refractivity contribution in [2.45, 2.75) is 19.0 Å². The molecule has 0 aromatic heterocycles. The summed E-state index contributed by atoms with van der Waals surface area (Å²) >= 11 is 0. The molecule has 0 spiro atoms. The molecule has 0 radical (unpaired) electrons. The third kappa shape index (κ3) is 4.59. The van der Waals surface area contributed by atoms with E-state index in [0.717, 1.165) is 11.1 Å². The summed E-state index contributed by atoms with van der Waals surface area (Å²) in [6.07, 6.45) is 0.416. The van der Waals surface area contributed by atoms with Crippen molar-refractivity contribution >= 4 is 5.91 Å². The molecule has 0 aliphatic carbocycles. The number of aromatic hydroxyl groups is 1. The van der Waals surface area contributed by atoms with Crippen LogP contribution >= 0.6 is 0 Å². The van der Waals surface area contributed by atoms with Gasteiger partial charge in [0.1, 0.15) is 5.75 Å². The third-order valence-corrected chi connectivity index (χ3v) is 3.20. The Bertz CT molecular complexity index is 570. The first-order valence-electron chi connectivity index (χ1n) is 6.68. The number of rotatable bonds is 6. The van der Waals surface area contributed by atoms with Crippen molar-refractivity contribution in [3.63, 3.8) is 0 Å². The van der Waals surface area contributed by atoms with Gasteiger partial charge in [-0.15, -0.1) is 0 Å². The Hall–Kier alpha value is -2.37. The van der Waals surface area contributed by atoms with Crippen LogP contribution in [-0.4, -0.2) is 22.3 Å². The van der Waals surface area contributed by atoms with Gasteiger partial charge in [0.25, 0.3) is 5.91 Å². The fourth-order valence-corrected chi connectivity index (χ4v) is 2.04. The number of nitrogens with one attached hydrogen (secondary N) is 2. The fraction of sp³-hybridized carbons (Fsp3) is 0.188. The molecule has 5 nitrogen and oxygen atoms in total. The number of hydroxylamine groups is 1. The summed E-state index contributed by atoms with van der Waals surface area (Å²) in [5, 5.41) is 21.2. The molecule has 5 heteroatoms. The Kier molecular flexibility index (Phi) is 5.31. The molecular formula is C16H18N2O3. The van der Waals surface area contributed by atoms with Crippen LogP contribution in [0.4, 0.5) is 0 Å². The molecule has 1 amide bonds. The molecule has 0 fully saturated rings. The van der Waals surface area contributed by atoms with Crippen LogP contribution in [0, 0.1) is 0 Å². The van der Waals surface area contributed by atoms with E-state index in [-0.39, 0.29) is 5.75 Å². The molecule has 0 unspecified atom stereocenters. The summed E-state index contributed by atoms with van der Waals surface area (Å²) in [6, 6.07) is 15.8. The van der Waals surface area contributed by atoms with Crippen molar-refractivity contribution < 1.29 is 15.1 Å². The molecule has 1 atom stereocenters. The van der Waals surface area contributed by atoms with Gasteiger partial charge < -0.3 is 10.4 Å². The highest BCUT2D eigenvalue weighted by Crippen LogP contribution is 2.11. The maximum Gasteiger partial charge on any atom is 0.260 e. The minimum atomic E-state index is -0.556. The van der Waals surface area contributed by atoms with E-state index in [1.165, 1.54) is 0 Å². The molecule has 0 aliphatic rings. The molecular weight excluding hydrogens is 268 g/mol. The van der Waals surface area contributed by atoms with Crippen LogP contribution in [0.3, 0.4) is 0 Å². The second-order valence-electron chi connectivity index (χ2n) is 4.77. The maximum atomic E-state index is 11.7. The van der Waals surface area contributed by atoms with Crippen molar-refractivity contribution in [1.82, 2.24) is 10.8 Å². The molecule has 0 aliphatic heterocycles. The molecule has 2 rings (SSSR count). The molecule has 0 heterocycles. The highest BCUT2D eigenvalue weighted by atomic mass is 16.5. The van der Waals surface area contributed by atoms with E-state index >= 15 is 0 Å². The van der Waals surface area contributed by atoms with Crippen LogP contribution < -0.4 is 10.8 Å². The Labute approximate surface area is 123 Å². The van der Waals surface area contributed by atoms with Gasteiger partial charge in [0.2, 0.25) is 0 Å². The van der Waals surface area contributed by atoms with Gasteiger partial charge in [-0.1, -0.05) is 42.5 Å². The smallest absolute Gasteiger partial charge is 0.260 e. The molecule has 4 N–H and O–H groups in total. The van der Waals surface area contributed by atoms with Gasteiger partial charge in [0.15, 0.2) is 0 Å². The summed E-state index contributed by atoms with van der Waals surface area (Å²) in [7, 11) is 0. The Morgan fingerprint density at radius 3 is 2.29 bits per heavy atom. The SMILES string of the molecule is O=C(NO)[C@H](Cc1ccc(O)cc1)NCc1ccccc1. The van der Waals surface area contributed by atoms with E-state index in [2.05, 4.69) is 5.32 Å². The lowest BCUT2D eigenvalue weighted by atomic mass is 10.0. The first-order valence-corrected chi connectivity index (χ1v) is 6.68. The number of benzene rings is 2. The monoisotopic (exact) mass is 286 g/mol. The number of hydrogen-bond donors (Lipinski definition) is 4. The largest absolute Gasteiger partial charge is 0.508 e. The second kappa shape index (κ2) is 7.42. The van der Waals surface area contributed by atoms with E-state index in [9.17, 15) is 9.90 Å². The molecule has 21 heavy (non-hydrogen) atoms. The van der Waals surface area contributed by atoms with Crippen LogP contribution in [0.25, 0.3) is 0 Å². The zero-order chi connectivity index (χ0) is 15.1. The van der Waals surface area contributed by atoms with E-state index in [4.69, 9.17) is 5.21 Å². The van der Waals surface area contributed by atoms with Gasteiger partial charge in [0, 0.05) is 6.54 Å². The van der Waals surface area contributed by atoms with Gasteiger partial charge in [-0.2, -0.15) is 0 Å². The summed E-state index contributed by atoms with van der Waals surface area (Å²) in [4.78, 5) is 11.7. The summed E-state index contributed by atoms with van der Waals surface area (Å²) in [5.74, 6) is -0.307. The van der Waals surface area contributed by atoms with E-state index < -0.39 is 11.9 Å². The maximum absolute atomic E-state index is 11.7. The third-order valence-electron chi connectivity index (χ3n) is 3.20. The van der Waals surface area contributed by atoms with Crippen molar-refractivity contribution in [3.05, 3.63) is 65.7 Å². The number of phenolic OH excluding ortho intramolecular Hbond substituents is 1. The molecule has 2 aromatic rings. The second-order valence-corrected chi connectivity index (χ2v) is 4.77. The minimum Gasteiger partial charge on any atom is -0.508 e. The lowest BCUT2D eigenvalue weighted by molar-refractivity contribution is -0.131. The van der Waals surface area contributed by atoms with Gasteiger partial charge in [-0.05, 0) is 29.7 Å². The predicted molar refractivity (Wildman–Crippen MR) is 78.8 cm³/mol. The Morgan fingerprint density at radius 2 is 1.67 bits per heavy atom. The Morgan fingerprint density at radius 1 is 1.00 bits per heavy atom. The fourth-order valence-electron chi connectivity index (χ4n) is 2.04. The first-order chi connectivity index (χ1) is 10.2. The van der Waals surface area contributed by atoms with Crippen molar-refractivity contribution in [1.29, 1.82) is 0 Å². The average molecular weight is 286 g/mol. The predicted octanol–water partition coefficient (Wildman–Crippen LogP) is 1.60. The van der Waals surface area contributed by atoms with Crippen LogP contribution in [0.2, 0.25) is 0 Å². The number of carbonyl (C=O) groups excluding carboxylic acids is 1. The zero-order valence-electron chi connectivity index (χ0n) is 11.5. The first kappa shape index (κ1) is 15.0. The topological polar surface area (TPSA) is 81.6 Å². The average Bonchev–Trinajstić information content (AvgIpc) is 2.53. The molecule has 110 valence electrons. The molecule has 0 bridgehead atoms. The molecule has 0 saturated heterocycles. The van der Waals surface area contributed by atoms with Crippen LogP contribution in [0.15, 0.2) is 54.6 Å². The van der Waals surface area contributed by atoms with Gasteiger partial charge in [-0.25, -0.2) is 5.48 Å². The number of amides is 1. The standard InChI is InChI=1S/C16H18N2O3/c19-14-8-6-12(7-9-14)10-15(16(20)18-21)17-11-13-4-2-1-3-5-13/h1-9,15,17,19,21H,10-11H2,(H,18,20)/t15-/m0/s1. The van der Waals surface area contributed by atoms with Crippen LogP contribution in [0.1, 0.15) is 11.1 Å². The van der Waals surface area contributed by atoms with Gasteiger partial charge in [-0.3, -0.25) is 10.0 Å². The van der Waals surface area contributed by atoms with E-state index in [0.29, 0.717) is 13.0 Å². The van der Waals surface area contributed by atoms with Crippen LogP contribution in [0.5, 0.6) is 5.75 Å².